The van der Waals surface area contributed by atoms with Crippen LogP contribution in [0.1, 0.15) is 75.0 Å². The number of carbonyl (C=O) groups is 1. The predicted octanol–water partition coefficient (Wildman–Crippen LogP) is 8.46. The number of benzene rings is 1. The number of ketones is 1. The lowest BCUT2D eigenvalue weighted by Crippen LogP contribution is -2.08. The Balaban J connectivity index is 1.26. The van der Waals surface area contributed by atoms with Gasteiger partial charge in [0, 0.05) is 29.4 Å². The first-order chi connectivity index (χ1) is 18.5. The van der Waals surface area contributed by atoms with Crippen molar-refractivity contribution in [3.63, 3.8) is 0 Å². The molecule has 0 amide bonds. The van der Waals surface area contributed by atoms with Crippen molar-refractivity contribution in [2.45, 2.75) is 58.8 Å². The molecule has 1 aromatic carbocycles. The summed E-state index contributed by atoms with van der Waals surface area (Å²) in [5.41, 5.74) is 5.10. The number of rotatable bonds is 11. The van der Waals surface area contributed by atoms with Crippen molar-refractivity contribution in [3.8, 4) is 0 Å². The minimum absolute atomic E-state index is 0.0643. The van der Waals surface area contributed by atoms with E-state index in [4.69, 9.17) is 11.6 Å². The number of aromatic nitrogens is 3. The maximum atomic E-state index is 12.8. The maximum absolute atomic E-state index is 12.8. The topological polar surface area (TPSA) is 83.0 Å². The van der Waals surface area contributed by atoms with Gasteiger partial charge in [0.15, 0.2) is 0 Å². The highest BCUT2D eigenvalue weighted by atomic mass is 35.5. The lowest BCUT2D eigenvalue weighted by atomic mass is 9.98. The molecule has 1 saturated carbocycles. The summed E-state index contributed by atoms with van der Waals surface area (Å²) in [7, 11) is 0. The standard InChI is InChI=1S/C31H34ClN5O/c1-3-7-20(4-2)8-5-6-9-29(38)28-17-23-16-24(18-25(32)30(23)36-28)35-31-33-15-14-27(37-31)26-13-12-22(19-34-26)21-10-11-21/h4,6,9,13-19,21-22,36H,3,5,7-8,10-12H2,1-2H3,(H,33,35,37)/b9-6+,20-4+. The molecule has 1 aliphatic carbocycles. The van der Waals surface area contributed by atoms with Crippen LogP contribution in [0.2, 0.25) is 5.02 Å². The summed E-state index contributed by atoms with van der Waals surface area (Å²) in [6, 6.07) is 7.46. The van der Waals surface area contributed by atoms with Crippen LogP contribution in [-0.4, -0.2) is 26.9 Å². The molecule has 1 unspecified atom stereocenters. The van der Waals surface area contributed by atoms with Crippen molar-refractivity contribution in [1.29, 1.82) is 0 Å². The van der Waals surface area contributed by atoms with Crippen LogP contribution in [0.5, 0.6) is 0 Å². The van der Waals surface area contributed by atoms with E-state index in [-0.39, 0.29) is 5.78 Å². The number of hydrogen-bond acceptors (Lipinski definition) is 5. The molecule has 3 heterocycles. The Bertz CT molecular complexity index is 1440. The Morgan fingerprint density at radius 1 is 1.24 bits per heavy atom. The molecule has 5 rings (SSSR count). The summed E-state index contributed by atoms with van der Waals surface area (Å²) in [5, 5.41) is 4.62. The summed E-state index contributed by atoms with van der Waals surface area (Å²) < 4.78 is 0. The number of nitrogens with zero attached hydrogens (tertiary/aromatic N) is 3. The van der Waals surface area contributed by atoms with Crippen molar-refractivity contribution in [1.82, 2.24) is 15.0 Å². The fourth-order valence-corrected chi connectivity index (χ4v) is 5.20. The van der Waals surface area contributed by atoms with Crippen molar-refractivity contribution in [3.05, 3.63) is 76.7 Å². The summed E-state index contributed by atoms with van der Waals surface area (Å²) in [6.07, 6.45) is 19.5. The van der Waals surface area contributed by atoms with E-state index in [0.717, 1.165) is 66.0 Å². The third-order valence-corrected chi connectivity index (χ3v) is 7.51. The molecule has 1 atom stereocenters. The van der Waals surface area contributed by atoms with Crippen LogP contribution in [0.15, 0.2) is 65.3 Å². The van der Waals surface area contributed by atoms with Gasteiger partial charge in [0.1, 0.15) is 0 Å². The minimum atomic E-state index is -0.0643. The van der Waals surface area contributed by atoms with Crippen molar-refractivity contribution in [2.75, 3.05) is 5.32 Å². The zero-order valence-corrected chi connectivity index (χ0v) is 22.8. The molecule has 3 aromatic rings. The Morgan fingerprint density at radius 3 is 2.84 bits per heavy atom. The van der Waals surface area contributed by atoms with Crippen molar-refractivity contribution < 1.29 is 4.79 Å². The number of H-pyrrole nitrogens is 1. The van der Waals surface area contributed by atoms with E-state index in [9.17, 15) is 4.79 Å². The van der Waals surface area contributed by atoms with Gasteiger partial charge in [0.2, 0.25) is 11.7 Å². The molecular formula is C31H34ClN5O. The van der Waals surface area contributed by atoms with E-state index in [2.05, 4.69) is 57.5 Å². The Labute approximate surface area is 229 Å². The molecule has 2 N–H and O–H groups in total. The van der Waals surface area contributed by atoms with E-state index < -0.39 is 0 Å². The number of hydrogen-bond donors (Lipinski definition) is 2. The van der Waals surface area contributed by atoms with Crippen molar-refractivity contribution >= 4 is 51.8 Å². The maximum Gasteiger partial charge on any atom is 0.227 e. The van der Waals surface area contributed by atoms with Crippen LogP contribution in [0, 0.1) is 11.8 Å². The largest absolute Gasteiger partial charge is 0.351 e. The number of nitrogens with one attached hydrogen (secondary N) is 2. The first-order valence-electron chi connectivity index (χ1n) is 13.6. The third-order valence-electron chi connectivity index (χ3n) is 7.22. The van der Waals surface area contributed by atoms with Gasteiger partial charge in [-0.25, -0.2) is 9.97 Å². The average Bonchev–Trinajstić information content (AvgIpc) is 3.69. The van der Waals surface area contributed by atoms with Crippen LogP contribution < -0.4 is 5.32 Å². The lowest BCUT2D eigenvalue weighted by molar-refractivity contribution is 0.104. The van der Waals surface area contributed by atoms with Gasteiger partial charge in [-0.15, -0.1) is 0 Å². The number of anilines is 2. The van der Waals surface area contributed by atoms with Crippen LogP contribution in [0.25, 0.3) is 16.6 Å². The first kappa shape index (κ1) is 26.1. The van der Waals surface area contributed by atoms with Gasteiger partial charge < -0.3 is 10.3 Å². The number of aliphatic imine (C=N–C) groups is 1. The first-order valence-corrected chi connectivity index (χ1v) is 13.9. The lowest BCUT2D eigenvalue weighted by Gasteiger charge is -2.14. The number of aromatic amines is 1. The van der Waals surface area contributed by atoms with Crippen LogP contribution in [0.4, 0.5) is 11.6 Å². The molecule has 0 spiro atoms. The second kappa shape index (κ2) is 11.9. The van der Waals surface area contributed by atoms with Gasteiger partial charge in [0.05, 0.1) is 27.6 Å². The second-order valence-electron chi connectivity index (χ2n) is 10.1. The van der Waals surface area contributed by atoms with Gasteiger partial charge in [-0.3, -0.25) is 9.79 Å². The van der Waals surface area contributed by atoms with E-state index >= 15 is 0 Å². The van der Waals surface area contributed by atoms with Gasteiger partial charge >= 0.3 is 0 Å². The SMILES string of the molecule is C/C=C(\CCC)CC/C=C/C(=O)c1cc2cc(Nc3nccc(C4=CCC(C5CC5)C=N4)n3)cc(Cl)c2[nH]1. The Morgan fingerprint density at radius 2 is 2.11 bits per heavy atom. The number of halogens is 1. The van der Waals surface area contributed by atoms with E-state index in [0.29, 0.717) is 22.6 Å². The van der Waals surface area contributed by atoms with Crippen molar-refractivity contribution in [2.24, 2.45) is 16.8 Å². The smallest absolute Gasteiger partial charge is 0.227 e. The molecule has 0 saturated heterocycles. The second-order valence-corrected chi connectivity index (χ2v) is 10.5. The molecule has 0 bridgehead atoms. The van der Waals surface area contributed by atoms with E-state index in [1.165, 1.54) is 18.4 Å². The Hall–Kier alpha value is -3.51. The minimum Gasteiger partial charge on any atom is -0.351 e. The normalized spacial score (nSPS) is 17.8. The fourth-order valence-electron chi connectivity index (χ4n) is 4.93. The zero-order valence-electron chi connectivity index (χ0n) is 22.0. The van der Waals surface area contributed by atoms with Crippen LogP contribution in [0.3, 0.4) is 0 Å². The predicted molar refractivity (Wildman–Crippen MR) is 157 cm³/mol. The van der Waals surface area contributed by atoms with Gasteiger partial charge in [0.25, 0.3) is 0 Å². The zero-order chi connectivity index (χ0) is 26.5. The Kier molecular flexibility index (Phi) is 8.18. The van der Waals surface area contributed by atoms with Gasteiger partial charge in [-0.05, 0) is 81.7 Å². The molecule has 196 valence electrons. The highest BCUT2D eigenvalue weighted by molar-refractivity contribution is 6.35. The molecule has 1 aliphatic heterocycles. The third kappa shape index (κ3) is 6.30. The molecular weight excluding hydrogens is 494 g/mol. The molecule has 38 heavy (non-hydrogen) atoms. The van der Waals surface area contributed by atoms with Gasteiger partial charge in [-0.1, -0.05) is 48.7 Å². The van der Waals surface area contributed by atoms with Crippen LogP contribution >= 0.6 is 11.6 Å². The number of allylic oxidation sites excluding steroid dienone is 5. The highest BCUT2D eigenvalue weighted by Crippen LogP contribution is 2.40. The molecule has 2 aromatic heterocycles. The average molecular weight is 528 g/mol. The molecule has 6 nitrogen and oxygen atoms in total. The summed E-state index contributed by atoms with van der Waals surface area (Å²) in [4.78, 5) is 29.7. The number of fused-ring (bicyclic) bond motifs is 1. The summed E-state index contributed by atoms with van der Waals surface area (Å²) in [6.45, 7) is 4.26. The fraction of sp³-hybridized carbons (Fsp3) is 0.355. The van der Waals surface area contributed by atoms with E-state index in [1.807, 2.05) is 30.3 Å². The van der Waals surface area contributed by atoms with Crippen LogP contribution in [-0.2, 0) is 0 Å². The number of carbonyl (C=O) groups excluding carboxylic acids is 1. The quantitative estimate of drug-likeness (QED) is 0.149. The monoisotopic (exact) mass is 527 g/mol. The highest BCUT2D eigenvalue weighted by Gasteiger charge is 2.30. The summed E-state index contributed by atoms with van der Waals surface area (Å²) >= 11 is 6.58. The molecule has 7 heteroatoms. The molecule has 0 radical (unpaired) electrons. The molecule has 1 fully saturated rings. The van der Waals surface area contributed by atoms with E-state index in [1.54, 1.807) is 12.3 Å². The molecule has 2 aliphatic rings. The summed E-state index contributed by atoms with van der Waals surface area (Å²) in [5.74, 6) is 1.78. The van der Waals surface area contributed by atoms with Gasteiger partial charge in [-0.2, -0.15) is 0 Å².